The van der Waals surface area contributed by atoms with Crippen LogP contribution in [0.4, 0.5) is 0 Å². The van der Waals surface area contributed by atoms with Crippen molar-refractivity contribution in [2.45, 2.75) is 0 Å². The Hall–Kier alpha value is -0.680. The summed E-state index contributed by atoms with van der Waals surface area (Å²) in [6, 6.07) is 0. The summed E-state index contributed by atoms with van der Waals surface area (Å²) < 4.78 is 0. The largest absolute Gasteiger partial charge is 0.478 e. The zero-order chi connectivity index (χ0) is 13.3. The van der Waals surface area contributed by atoms with Crippen LogP contribution in [0.3, 0.4) is 0 Å². The van der Waals surface area contributed by atoms with Crippen LogP contribution in [-0.4, -0.2) is 24.0 Å². The molecule has 0 aromatic heterocycles. The van der Waals surface area contributed by atoms with Gasteiger partial charge in [-0.25, -0.2) is 4.79 Å². The maximum Gasteiger partial charge on any atom is 0.338 e. The SMILES string of the molecule is CNC(=O)c1c(Cl)c(Cl)c(Cl)c(Cl)c1C(=O)O. The van der Waals surface area contributed by atoms with Gasteiger partial charge in [0.25, 0.3) is 5.91 Å². The molecule has 8 heteroatoms. The standard InChI is InChI=1S/C9H5Cl4NO3/c1-14-8(15)2-3(9(16)17)5(11)7(13)6(12)4(2)10/h1H3,(H,14,15)(H,16,17). The summed E-state index contributed by atoms with van der Waals surface area (Å²) in [5.41, 5.74) is -0.800. The molecule has 1 amide bonds. The number of rotatable bonds is 2. The van der Waals surface area contributed by atoms with Crippen molar-refractivity contribution in [2.75, 3.05) is 7.05 Å². The van der Waals surface area contributed by atoms with Gasteiger partial charge in [-0.3, -0.25) is 4.79 Å². The summed E-state index contributed by atoms with van der Waals surface area (Å²) in [6.45, 7) is 0. The lowest BCUT2D eigenvalue weighted by atomic mass is 10.1. The molecule has 17 heavy (non-hydrogen) atoms. The Labute approximate surface area is 116 Å². The average Bonchev–Trinajstić information content (AvgIpc) is 2.29. The normalized spacial score (nSPS) is 10.2. The van der Waals surface area contributed by atoms with Crippen LogP contribution in [0.2, 0.25) is 20.1 Å². The van der Waals surface area contributed by atoms with Crippen molar-refractivity contribution in [1.82, 2.24) is 5.32 Å². The van der Waals surface area contributed by atoms with E-state index in [0.717, 1.165) is 0 Å². The number of carbonyl (C=O) groups excluding carboxylic acids is 1. The van der Waals surface area contributed by atoms with E-state index in [1.807, 2.05) is 0 Å². The number of carboxylic acid groups (broad SMARTS) is 1. The number of benzene rings is 1. The van der Waals surface area contributed by atoms with Crippen molar-refractivity contribution in [3.8, 4) is 0 Å². The molecule has 0 spiro atoms. The third-order valence-corrected chi connectivity index (χ3v) is 3.74. The molecule has 0 heterocycles. The van der Waals surface area contributed by atoms with Crippen LogP contribution in [0.1, 0.15) is 20.7 Å². The second-order valence-electron chi connectivity index (χ2n) is 2.89. The number of carboxylic acids is 1. The first kappa shape index (κ1) is 14.4. The van der Waals surface area contributed by atoms with Crippen LogP contribution in [0, 0.1) is 0 Å². The van der Waals surface area contributed by atoms with Crippen molar-refractivity contribution in [3.05, 3.63) is 31.2 Å². The molecular weight excluding hydrogens is 312 g/mol. The summed E-state index contributed by atoms with van der Waals surface area (Å²) in [6.07, 6.45) is 0. The Balaban J connectivity index is 3.78. The number of hydrogen-bond donors (Lipinski definition) is 2. The lowest BCUT2D eigenvalue weighted by Crippen LogP contribution is -2.22. The zero-order valence-electron chi connectivity index (χ0n) is 8.28. The number of nitrogens with one attached hydrogen (secondary N) is 1. The van der Waals surface area contributed by atoms with E-state index in [-0.39, 0.29) is 25.7 Å². The van der Waals surface area contributed by atoms with Gasteiger partial charge in [0.05, 0.1) is 31.2 Å². The monoisotopic (exact) mass is 315 g/mol. The Bertz CT molecular complexity index is 516. The fraction of sp³-hybridized carbons (Fsp3) is 0.111. The number of hydrogen-bond acceptors (Lipinski definition) is 2. The van der Waals surface area contributed by atoms with E-state index in [0.29, 0.717) is 0 Å². The molecule has 0 atom stereocenters. The van der Waals surface area contributed by atoms with Gasteiger partial charge in [0, 0.05) is 7.05 Å². The number of aromatic carboxylic acids is 1. The molecule has 0 aliphatic carbocycles. The number of carbonyl (C=O) groups is 2. The van der Waals surface area contributed by atoms with Crippen molar-refractivity contribution in [2.24, 2.45) is 0 Å². The molecule has 1 rings (SSSR count). The molecular formula is C9H5Cl4NO3. The lowest BCUT2D eigenvalue weighted by molar-refractivity contribution is 0.0691. The van der Waals surface area contributed by atoms with Gasteiger partial charge in [-0.2, -0.15) is 0 Å². The highest BCUT2D eigenvalue weighted by molar-refractivity contribution is 6.54. The Morgan fingerprint density at radius 1 is 0.941 bits per heavy atom. The number of amides is 1. The van der Waals surface area contributed by atoms with E-state index in [9.17, 15) is 9.59 Å². The molecule has 0 fully saturated rings. The maximum atomic E-state index is 11.6. The second-order valence-corrected chi connectivity index (χ2v) is 4.40. The van der Waals surface area contributed by atoms with Crippen molar-refractivity contribution in [3.63, 3.8) is 0 Å². The van der Waals surface area contributed by atoms with Gasteiger partial charge in [-0.15, -0.1) is 0 Å². The predicted molar refractivity (Wildman–Crippen MR) is 66.8 cm³/mol. The highest BCUT2D eigenvalue weighted by atomic mass is 35.5. The fourth-order valence-electron chi connectivity index (χ4n) is 1.17. The number of halogens is 4. The summed E-state index contributed by atoms with van der Waals surface area (Å²) in [5.74, 6) is -2.14. The minimum atomic E-state index is -1.42. The van der Waals surface area contributed by atoms with Crippen LogP contribution in [0.15, 0.2) is 0 Å². The molecule has 1 aromatic rings. The molecule has 0 unspecified atom stereocenters. The molecule has 92 valence electrons. The summed E-state index contributed by atoms with van der Waals surface area (Å²) in [4.78, 5) is 22.6. The van der Waals surface area contributed by atoms with Crippen molar-refractivity contribution >= 4 is 58.3 Å². The first-order valence-electron chi connectivity index (χ1n) is 4.14. The average molecular weight is 317 g/mol. The molecule has 0 saturated carbocycles. The van der Waals surface area contributed by atoms with Gasteiger partial charge in [-0.05, 0) is 0 Å². The smallest absolute Gasteiger partial charge is 0.338 e. The first-order valence-corrected chi connectivity index (χ1v) is 5.65. The molecule has 0 bridgehead atoms. The second kappa shape index (κ2) is 5.31. The van der Waals surface area contributed by atoms with Crippen LogP contribution < -0.4 is 5.32 Å². The Morgan fingerprint density at radius 3 is 1.71 bits per heavy atom. The van der Waals surface area contributed by atoms with E-state index in [4.69, 9.17) is 51.5 Å². The highest BCUT2D eigenvalue weighted by Gasteiger charge is 2.28. The van der Waals surface area contributed by atoms with Crippen LogP contribution in [-0.2, 0) is 0 Å². The van der Waals surface area contributed by atoms with Gasteiger partial charge in [-0.1, -0.05) is 46.4 Å². The molecule has 2 N–H and O–H groups in total. The van der Waals surface area contributed by atoms with Gasteiger partial charge in [0.15, 0.2) is 0 Å². The molecule has 0 aliphatic rings. The van der Waals surface area contributed by atoms with Gasteiger partial charge < -0.3 is 10.4 Å². The summed E-state index contributed by atoms with van der Waals surface area (Å²) in [7, 11) is 1.32. The summed E-state index contributed by atoms with van der Waals surface area (Å²) >= 11 is 23.0. The minimum absolute atomic E-state index is 0.165. The van der Waals surface area contributed by atoms with E-state index < -0.39 is 17.4 Å². The molecule has 4 nitrogen and oxygen atoms in total. The molecule has 0 saturated heterocycles. The molecule has 0 radical (unpaired) electrons. The fourth-order valence-corrected chi connectivity index (χ4v) is 2.19. The van der Waals surface area contributed by atoms with Crippen molar-refractivity contribution in [1.29, 1.82) is 0 Å². The Morgan fingerprint density at radius 2 is 1.35 bits per heavy atom. The van der Waals surface area contributed by atoms with Crippen LogP contribution in [0.5, 0.6) is 0 Å². The zero-order valence-corrected chi connectivity index (χ0v) is 11.3. The van der Waals surface area contributed by atoms with E-state index in [1.54, 1.807) is 0 Å². The van der Waals surface area contributed by atoms with E-state index in [1.165, 1.54) is 7.05 Å². The predicted octanol–water partition coefficient (Wildman–Crippen LogP) is 3.36. The topological polar surface area (TPSA) is 66.4 Å². The lowest BCUT2D eigenvalue weighted by Gasteiger charge is -2.12. The van der Waals surface area contributed by atoms with Gasteiger partial charge in [0.2, 0.25) is 0 Å². The Kier molecular flexibility index (Phi) is 4.49. The van der Waals surface area contributed by atoms with E-state index in [2.05, 4.69) is 5.32 Å². The third-order valence-electron chi connectivity index (χ3n) is 1.94. The quantitative estimate of drug-likeness (QED) is 0.649. The van der Waals surface area contributed by atoms with Gasteiger partial charge >= 0.3 is 5.97 Å². The minimum Gasteiger partial charge on any atom is -0.478 e. The van der Waals surface area contributed by atoms with Crippen molar-refractivity contribution < 1.29 is 14.7 Å². The first-order chi connectivity index (χ1) is 7.82. The highest BCUT2D eigenvalue weighted by Crippen LogP contribution is 2.41. The molecule has 1 aromatic carbocycles. The molecule has 0 aliphatic heterocycles. The summed E-state index contributed by atoms with van der Waals surface area (Å²) in [5, 5.41) is 10.3. The maximum absolute atomic E-state index is 11.6. The van der Waals surface area contributed by atoms with E-state index >= 15 is 0 Å². The van der Waals surface area contributed by atoms with Gasteiger partial charge in [0.1, 0.15) is 0 Å². The third kappa shape index (κ3) is 2.45. The van der Waals surface area contributed by atoms with Crippen LogP contribution >= 0.6 is 46.4 Å². The van der Waals surface area contributed by atoms with Crippen LogP contribution in [0.25, 0.3) is 0 Å².